The molecule has 0 saturated carbocycles. The first-order chi connectivity index (χ1) is 11.9. The normalized spacial score (nSPS) is 10.4. The highest BCUT2D eigenvalue weighted by molar-refractivity contribution is 5.37. The Hall–Kier alpha value is -2.88. The molecule has 0 aliphatic rings. The first-order valence-electron chi connectivity index (χ1n) is 8.04. The van der Waals surface area contributed by atoms with Gasteiger partial charge < -0.3 is 9.47 Å². The molecule has 0 bridgehead atoms. The van der Waals surface area contributed by atoms with E-state index in [9.17, 15) is 0 Å². The topological polar surface area (TPSA) is 44.2 Å². The Balaban J connectivity index is 1.75. The number of aryl methyl sites for hydroxylation is 1. The van der Waals surface area contributed by atoms with E-state index in [1.54, 1.807) is 0 Å². The molecule has 0 N–H and O–H groups in total. The van der Waals surface area contributed by atoms with E-state index >= 15 is 0 Å². The molecule has 0 aliphatic carbocycles. The van der Waals surface area contributed by atoms with Gasteiger partial charge in [0.25, 0.3) is 5.88 Å². The molecule has 1 aromatic heterocycles. The van der Waals surface area contributed by atoms with Crippen molar-refractivity contribution in [2.75, 3.05) is 0 Å². The smallest absolute Gasteiger partial charge is 0.260 e. The Morgan fingerprint density at radius 2 is 1.33 bits per heavy atom. The van der Waals surface area contributed by atoms with Gasteiger partial charge in [0, 0.05) is 0 Å². The molecule has 0 unspecified atom stereocenters. The minimum atomic E-state index is 0.447. The number of hydrogen-bond donors (Lipinski definition) is 0. The van der Waals surface area contributed by atoms with Gasteiger partial charge in [-0.05, 0) is 17.5 Å². The zero-order valence-electron chi connectivity index (χ0n) is 13.7. The molecule has 2 aromatic carbocycles. The van der Waals surface area contributed by atoms with Crippen LogP contribution in [0.5, 0.6) is 11.6 Å². The molecule has 1 heterocycles. The number of ether oxygens (including phenoxy) is 2. The third-order valence-electron chi connectivity index (χ3n) is 3.62. The summed E-state index contributed by atoms with van der Waals surface area (Å²) in [5.41, 5.74) is 3.03. The number of benzene rings is 2. The number of rotatable bonds is 7. The summed E-state index contributed by atoms with van der Waals surface area (Å²) in [5.74, 6) is 1.11. The molecular weight excluding hydrogens is 300 g/mol. The van der Waals surface area contributed by atoms with Crippen molar-refractivity contribution in [1.82, 2.24) is 9.97 Å². The summed E-state index contributed by atoms with van der Waals surface area (Å²) in [7, 11) is 0. The molecule has 3 rings (SSSR count). The van der Waals surface area contributed by atoms with Gasteiger partial charge in [-0.1, -0.05) is 67.6 Å². The molecule has 0 aliphatic heterocycles. The van der Waals surface area contributed by atoms with Crippen LogP contribution in [0.4, 0.5) is 0 Å². The SMILES string of the molecule is CCc1ncnc(OCc2ccccc2)c1OCc1ccccc1. The Bertz CT molecular complexity index is 761. The van der Waals surface area contributed by atoms with E-state index in [2.05, 4.69) is 9.97 Å². The van der Waals surface area contributed by atoms with Gasteiger partial charge in [-0.15, -0.1) is 0 Å². The number of aromatic nitrogens is 2. The highest BCUT2D eigenvalue weighted by Gasteiger charge is 2.13. The van der Waals surface area contributed by atoms with Gasteiger partial charge in [-0.3, -0.25) is 0 Å². The van der Waals surface area contributed by atoms with Gasteiger partial charge >= 0.3 is 0 Å². The zero-order valence-corrected chi connectivity index (χ0v) is 13.7. The molecule has 4 heteroatoms. The fraction of sp³-hybridized carbons (Fsp3) is 0.200. The predicted octanol–water partition coefficient (Wildman–Crippen LogP) is 4.20. The van der Waals surface area contributed by atoms with E-state index in [-0.39, 0.29) is 0 Å². The summed E-state index contributed by atoms with van der Waals surface area (Å²) in [6.45, 7) is 2.95. The first kappa shape index (κ1) is 16.0. The van der Waals surface area contributed by atoms with Crippen molar-refractivity contribution in [1.29, 1.82) is 0 Å². The standard InChI is InChI=1S/C20H20N2O2/c1-2-18-19(23-13-16-9-5-3-6-10-16)20(22-15-21-18)24-14-17-11-7-4-8-12-17/h3-12,15H,2,13-14H2,1H3. The Labute approximate surface area is 142 Å². The van der Waals surface area contributed by atoms with E-state index in [1.165, 1.54) is 6.33 Å². The van der Waals surface area contributed by atoms with Gasteiger partial charge in [0.15, 0.2) is 0 Å². The van der Waals surface area contributed by atoms with E-state index in [4.69, 9.17) is 9.47 Å². The van der Waals surface area contributed by atoms with E-state index in [1.807, 2.05) is 67.6 Å². The van der Waals surface area contributed by atoms with E-state index < -0.39 is 0 Å². The second-order valence-electron chi connectivity index (χ2n) is 5.36. The average Bonchev–Trinajstić information content (AvgIpc) is 2.66. The fourth-order valence-electron chi connectivity index (χ4n) is 2.35. The fourth-order valence-corrected chi connectivity index (χ4v) is 2.35. The van der Waals surface area contributed by atoms with Gasteiger partial charge in [-0.25, -0.2) is 4.98 Å². The molecule has 122 valence electrons. The summed E-state index contributed by atoms with van der Waals surface area (Å²) < 4.78 is 11.9. The molecule has 0 spiro atoms. The van der Waals surface area contributed by atoms with Crippen LogP contribution in [0.3, 0.4) is 0 Å². The predicted molar refractivity (Wildman–Crippen MR) is 93.0 cm³/mol. The van der Waals surface area contributed by atoms with Gasteiger partial charge in [0.05, 0.1) is 5.69 Å². The maximum absolute atomic E-state index is 5.98. The van der Waals surface area contributed by atoms with Crippen LogP contribution in [0, 0.1) is 0 Å². The van der Waals surface area contributed by atoms with Crippen molar-refractivity contribution in [3.8, 4) is 11.6 Å². The molecule has 0 radical (unpaired) electrons. The van der Waals surface area contributed by atoms with Gasteiger partial charge in [-0.2, -0.15) is 4.98 Å². The van der Waals surface area contributed by atoms with Crippen LogP contribution >= 0.6 is 0 Å². The third kappa shape index (κ3) is 4.10. The quantitative estimate of drug-likeness (QED) is 0.654. The maximum atomic E-state index is 5.98. The van der Waals surface area contributed by atoms with Crippen LogP contribution in [-0.4, -0.2) is 9.97 Å². The van der Waals surface area contributed by atoms with Crippen LogP contribution < -0.4 is 9.47 Å². The molecule has 0 amide bonds. The second-order valence-corrected chi connectivity index (χ2v) is 5.36. The lowest BCUT2D eigenvalue weighted by molar-refractivity contribution is 0.243. The van der Waals surface area contributed by atoms with Crippen LogP contribution in [0.25, 0.3) is 0 Å². The Morgan fingerprint density at radius 3 is 1.92 bits per heavy atom. The lowest BCUT2D eigenvalue weighted by Gasteiger charge is -2.14. The summed E-state index contributed by atoms with van der Waals surface area (Å²) in [5, 5.41) is 0. The maximum Gasteiger partial charge on any atom is 0.260 e. The monoisotopic (exact) mass is 320 g/mol. The summed E-state index contributed by atoms with van der Waals surface area (Å²) in [6, 6.07) is 20.0. The van der Waals surface area contributed by atoms with Crippen molar-refractivity contribution in [2.24, 2.45) is 0 Å². The third-order valence-corrected chi connectivity index (χ3v) is 3.62. The minimum absolute atomic E-state index is 0.447. The van der Waals surface area contributed by atoms with Crippen molar-refractivity contribution >= 4 is 0 Å². The van der Waals surface area contributed by atoms with Gasteiger partial charge in [0.1, 0.15) is 19.5 Å². The van der Waals surface area contributed by atoms with Crippen molar-refractivity contribution in [2.45, 2.75) is 26.6 Å². The van der Waals surface area contributed by atoms with Crippen LogP contribution in [0.15, 0.2) is 67.0 Å². The van der Waals surface area contributed by atoms with Crippen LogP contribution in [0.2, 0.25) is 0 Å². The highest BCUT2D eigenvalue weighted by Crippen LogP contribution is 2.29. The minimum Gasteiger partial charge on any atom is -0.482 e. The Morgan fingerprint density at radius 1 is 0.750 bits per heavy atom. The molecule has 3 aromatic rings. The molecule has 24 heavy (non-hydrogen) atoms. The number of nitrogens with zero attached hydrogens (tertiary/aromatic N) is 2. The van der Waals surface area contributed by atoms with E-state index in [0.717, 1.165) is 23.2 Å². The van der Waals surface area contributed by atoms with Gasteiger partial charge in [0.2, 0.25) is 5.75 Å². The highest BCUT2D eigenvalue weighted by atomic mass is 16.5. The molecule has 0 atom stereocenters. The first-order valence-corrected chi connectivity index (χ1v) is 8.04. The molecule has 0 fully saturated rings. The van der Waals surface area contributed by atoms with Crippen molar-refractivity contribution in [3.63, 3.8) is 0 Å². The lowest BCUT2D eigenvalue weighted by atomic mass is 10.2. The van der Waals surface area contributed by atoms with Crippen molar-refractivity contribution < 1.29 is 9.47 Å². The summed E-state index contributed by atoms with van der Waals surface area (Å²) in [6.07, 6.45) is 2.28. The average molecular weight is 320 g/mol. The van der Waals surface area contributed by atoms with E-state index in [0.29, 0.717) is 24.8 Å². The second kappa shape index (κ2) is 8.11. The summed E-state index contributed by atoms with van der Waals surface area (Å²) >= 11 is 0. The number of hydrogen-bond acceptors (Lipinski definition) is 4. The van der Waals surface area contributed by atoms with Crippen LogP contribution in [-0.2, 0) is 19.6 Å². The van der Waals surface area contributed by atoms with Crippen molar-refractivity contribution in [3.05, 3.63) is 83.8 Å². The molecular formula is C20H20N2O2. The van der Waals surface area contributed by atoms with Crippen LogP contribution in [0.1, 0.15) is 23.7 Å². The molecule has 0 saturated heterocycles. The Kier molecular flexibility index (Phi) is 5.40. The lowest BCUT2D eigenvalue weighted by Crippen LogP contribution is -2.06. The summed E-state index contributed by atoms with van der Waals surface area (Å²) in [4.78, 5) is 8.57. The largest absolute Gasteiger partial charge is 0.482 e. The zero-order chi connectivity index (χ0) is 16.6. The molecule has 4 nitrogen and oxygen atoms in total.